The van der Waals surface area contributed by atoms with Crippen LogP contribution in [-0.2, 0) is 9.59 Å². The molecule has 0 spiro atoms. The van der Waals surface area contributed by atoms with Crippen LogP contribution in [0.3, 0.4) is 0 Å². The van der Waals surface area contributed by atoms with E-state index in [1.54, 1.807) is 0 Å². The highest BCUT2D eigenvalue weighted by Gasteiger charge is 2.51. The molecule has 2 bridgehead atoms. The second kappa shape index (κ2) is 5.51. The fraction of sp³-hybridized carbons (Fsp3) is 0.529. The van der Waals surface area contributed by atoms with E-state index >= 15 is 0 Å². The first-order chi connectivity index (χ1) is 10.1. The molecule has 21 heavy (non-hydrogen) atoms. The zero-order valence-corrected chi connectivity index (χ0v) is 12.1. The van der Waals surface area contributed by atoms with Crippen molar-refractivity contribution >= 4 is 11.9 Å². The van der Waals surface area contributed by atoms with Gasteiger partial charge < -0.3 is 15.2 Å². The molecule has 0 radical (unpaired) electrons. The van der Waals surface area contributed by atoms with Crippen LogP contribution in [0, 0.1) is 23.7 Å². The summed E-state index contributed by atoms with van der Waals surface area (Å²) in [6, 6.07) is 9.60. The molecule has 0 saturated heterocycles. The van der Waals surface area contributed by atoms with E-state index in [1.165, 1.54) is 0 Å². The summed E-state index contributed by atoms with van der Waals surface area (Å²) in [7, 11) is 0. The van der Waals surface area contributed by atoms with Crippen LogP contribution in [0.2, 0.25) is 0 Å². The molecule has 4 heteroatoms. The molecule has 3 rings (SSSR count). The summed E-state index contributed by atoms with van der Waals surface area (Å²) in [5.74, 6) is -1.88. The number of amides is 1. The first kappa shape index (κ1) is 14.1. The van der Waals surface area contributed by atoms with Crippen LogP contribution in [0.1, 0.15) is 37.8 Å². The van der Waals surface area contributed by atoms with Crippen LogP contribution in [-0.4, -0.2) is 11.9 Å². The van der Waals surface area contributed by atoms with Crippen molar-refractivity contribution in [3.05, 3.63) is 35.9 Å². The third-order valence-corrected chi connectivity index (χ3v) is 5.15. The van der Waals surface area contributed by atoms with E-state index in [9.17, 15) is 14.7 Å². The molecule has 2 aliphatic rings. The molecule has 0 aliphatic heterocycles. The van der Waals surface area contributed by atoms with Crippen LogP contribution in [0.15, 0.2) is 30.3 Å². The molecule has 5 atom stereocenters. The number of rotatable bonds is 4. The molecule has 1 aromatic carbocycles. The van der Waals surface area contributed by atoms with Gasteiger partial charge in [-0.2, -0.15) is 0 Å². The monoisotopic (exact) mass is 286 g/mol. The second-order valence-electron chi connectivity index (χ2n) is 6.34. The van der Waals surface area contributed by atoms with E-state index in [0.29, 0.717) is 0 Å². The average Bonchev–Trinajstić information content (AvgIpc) is 3.08. The van der Waals surface area contributed by atoms with Crippen molar-refractivity contribution < 1.29 is 14.7 Å². The Hall–Kier alpha value is -1.84. The molecule has 1 aromatic rings. The Bertz CT molecular complexity index is 542. The standard InChI is InChI=1S/C17H21NO3/c1-10(11-5-3-2-4-6-11)18-16(19)14-12-7-8-13(9-12)15(14)17(20)21/h2-6,10,12-15H,7-9H2,1H3,(H,18,19)(H,20,21)/p-1/t10-,12+,13+,14+,15+/m1/s1. The molecule has 112 valence electrons. The summed E-state index contributed by atoms with van der Waals surface area (Å²) in [6.45, 7) is 1.93. The number of fused-ring (bicyclic) bond motifs is 2. The number of carbonyl (C=O) groups excluding carboxylic acids is 2. The predicted molar refractivity (Wildman–Crippen MR) is 75.8 cm³/mol. The van der Waals surface area contributed by atoms with Crippen LogP contribution in [0.5, 0.6) is 0 Å². The molecule has 2 aliphatic carbocycles. The first-order valence-corrected chi connectivity index (χ1v) is 7.64. The number of carboxylic acid groups (broad SMARTS) is 1. The van der Waals surface area contributed by atoms with Gasteiger partial charge in [0.05, 0.1) is 6.04 Å². The van der Waals surface area contributed by atoms with Crippen LogP contribution in [0.25, 0.3) is 0 Å². The van der Waals surface area contributed by atoms with Gasteiger partial charge in [0.1, 0.15) is 0 Å². The molecule has 2 saturated carbocycles. The van der Waals surface area contributed by atoms with Gasteiger partial charge in [0, 0.05) is 17.8 Å². The lowest BCUT2D eigenvalue weighted by molar-refractivity contribution is -0.314. The average molecular weight is 286 g/mol. The number of carbonyl (C=O) groups is 2. The van der Waals surface area contributed by atoms with Crippen molar-refractivity contribution in [1.29, 1.82) is 0 Å². The Balaban J connectivity index is 1.72. The van der Waals surface area contributed by atoms with Gasteiger partial charge >= 0.3 is 0 Å². The smallest absolute Gasteiger partial charge is 0.224 e. The molecule has 0 aromatic heterocycles. The van der Waals surface area contributed by atoms with Crippen molar-refractivity contribution in [3.63, 3.8) is 0 Å². The third kappa shape index (κ3) is 2.55. The van der Waals surface area contributed by atoms with E-state index in [-0.39, 0.29) is 23.8 Å². The molecule has 4 nitrogen and oxygen atoms in total. The lowest BCUT2D eigenvalue weighted by Gasteiger charge is -2.31. The zero-order chi connectivity index (χ0) is 15.0. The summed E-state index contributed by atoms with van der Waals surface area (Å²) in [5.41, 5.74) is 1.03. The van der Waals surface area contributed by atoms with Crippen LogP contribution in [0.4, 0.5) is 0 Å². The largest absolute Gasteiger partial charge is 0.550 e. The van der Waals surface area contributed by atoms with Crippen molar-refractivity contribution in [2.75, 3.05) is 0 Å². The number of hydrogen-bond donors (Lipinski definition) is 1. The molecular formula is C17H20NO3-. The lowest BCUT2D eigenvalue weighted by Crippen LogP contribution is -2.46. The topological polar surface area (TPSA) is 69.2 Å². The maximum absolute atomic E-state index is 12.5. The van der Waals surface area contributed by atoms with Gasteiger partial charge in [-0.15, -0.1) is 0 Å². The first-order valence-electron chi connectivity index (χ1n) is 7.64. The fourth-order valence-corrected chi connectivity index (χ4v) is 4.14. The number of hydrogen-bond acceptors (Lipinski definition) is 3. The molecule has 2 fully saturated rings. The minimum absolute atomic E-state index is 0.111. The maximum Gasteiger partial charge on any atom is 0.224 e. The summed E-state index contributed by atoms with van der Waals surface area (Å²) >= 11 is 0. The van der Waals surface area contributed by atoms with E-state index in [0.717, 1.165) is 24.8 Å². The Morgan fingerprint density at radius 1 is 1.14 bits per heavy atom. The normalized spacial score (nSPS) is 31.9. The number of carboxylic acids is 1. The Morgan fingerprint density at radius 3 is 2.38 bits per heavy atom. The Morgan fingerprint density at radius 2 is 1.76 bits per heavy atom. The van der Waals surface area contributed by atoms with E-state index < -0.39 is 17.8 Å². The van der Waals surface area contributed by atoms with Crippen LogP contribution < -0.4 is 10.4 Å². The summed E-state index contributed by atoms with van der Waals surface area (Å²) in [5, 5.41) is 14.3. The van der Waals surface area contributed by atoms with Crippen molar-refractivity contribution in [1.82, 2.24) is 5.32 Å². The van der Waals surface area contributed by atoms with Gasteiger partial charge in [0.25, 0.3) is 0 Å². The number of nitrogens with one attached hydrogen (secondary N) is 1. The second-order valence-corrected chi connectivity index (χ2v) is 6.34. The van der Waals surface area contributed by atoms with E-state index in [4.69, 9.17) is 0 Å². The van der Waals surface area contributed by atoms with E-state index in [2.05, 4.69) is 5.32 Å². The minimum Gasteiger partial charge on any atom is -0.550 e. The van der Waals surface area contributed by atoms with Crippen molar-refractivity contribution in [2.45, 2.75) is 32.2 Å². The zero-order valence-electron chi connectivity index (χ0n) is 12.1. The highest BCUT2D eigenvalue weighted by atomic mass is 16.4. The number of aliphatic carboxylic acids is 1. The summed E-state index contributed by atoms with van der Waals surface area (Å²) in [4.78, 5) is 23.9. The molecule has 0 heterocycles. The van der Waals surface area contributed by atoms with Gasteiger partial charge in [-0.25, -0.2) is 0 Å². The Kier molecular flexibility index (Phi) is 3.70. The van der Waals surface area contributed by atoms with Gasteiger partial charge in [-0.05, 0) is 43.6 Å². The van der Waals surface area contributed by atoms with Gasteiger partial charge in [-0.3, -0.25) is 4.79 Å². The SMILES string of the molecule is C[C@@H](NC(=O)[C@H]1[C@H]2CC[C@@H](C2)[C@@H]1C(=O)[O-])c1ccccc1. The molecular weight excluding hydrogens is 266 g/mol. The van der Waals surface area contributed by atoms with Crippen molar-refractivity contribution in [3.8, 4) is 0 Å². The molecule has 0 unspecified atom stereocenters. The lowest BCUT2D eigenvalue weighted by atomic mass is 9.78. The fourth-order valence-electron chi connectivity index (χ4n) is 4.14. The van der Waals surface area contributed by atoms with Gasteiger partial charge in [0.2, 0.25) is 5.91 Å². The highest BCUT2D eigenvalue weighted by molar-refractivity contribution is 5.85. The summed E-state index contributed by atoms with van der Waals surface area (Å²) < 4.78 is 0. The van der Waals surface area contributed by atoms with Gasteiger partial charge in [-0.1, -0.05) is 30.3 Å². The maximum atomic E-state index is 12.5. The predicted octanol–water partition coefficient (Wildman–Crippen LogP) is 1.28. The summed E-state index contributed by atoms with van der Waals surface area (Å²) in [6.07, 6.45) is 2.74. The van der Waals surface area contributed by atoms with Crippen molar-refractivity contribution in [2.24, 2.45) is 23.7 Å². The third-order valence-electron chi connectivity index (χ3n) is 5.15. The highest BCUT2D eigenvalue weighted by Crippen LogP contribution is 2.52. The number of benzene rings is 1. The molecule has 1 amide bonds. The van der Waals surface area contributed by atoms with Crippen LogP contribution >= 0.6 is 0 Å². The minimum atomic E-state index is -1.06. The quantitative estimate of drug-likeness (QED) is 0.906. The molecule has 1 N–H and O–H groups in total. The Labute approximate surface area is 124 Å². The van der Waals surface area contributed by atoms with E-state index in [1.807, 2.05) is 37.3 Å². The van der Waals surface area contributed by atoms with Gasteiger partial charge in [0.15, 0.2) is 0 Å².